The minimum Gasteiger partial charge on any atom is -0.350 e. The number of hydrogen-bond acceptors (Lipinski definition) is 1. The molecule has 1 nitrogen and oxygen atoms in total. The summed E-state index contributed by atoms with van der Waals surface area (Å²) < 4.78 is 3.06. The van der Waals surface area contributed by atoms with E-state index < -0.39 is 8.24 Å². The van der Waals surface area contributed by atoms with Crippen molar-refractivity contribution in [1.82, 2.24) is 4.23 Å². The molecule has 0 aromatic heterocycles. The first-order chi connectivity index (χ1) is 7.72. The molecule has 0 amide bonds. The first kappa shape index (κ1) is 14.5. The van der Waals surface area contributed by atoms with E-state index in [0.717, 1.165) is 5.54 Å². The normalized spacial score (nSPS) is 19.3. The largest absolute Gasteiger partial charge is 0.350 e. The molecule has 0 radical (unpaired) electrons. The fraction of sp³-hybridized carbons (Fsp3) is 1.00. The lowest BCUT2D eigenvalue weighted by Crippen LogP contribution is -2.54. The molecule has 0 unspecified atom stereocenters. The van der Waals surface area contributed by atoms with Crippen LogP contribution in [0.5, 0.6) is 0 Å². The molecule has 1 aliphatic rings. The first-order valence-corrected chi connectivity index (χ1v) is 11.5. The zero-order chi connectivity index (χ0) is 12.0. The number of rotatable bonds is 7. The fourth-order valence-corrected chi connectivity index (χ4v) is 13.3. The van der Waals surface area contributed by atoms with Gasteiger partial charge in [0.2, 0.25) is 0 Å². The lowest BCUT2D eigenvalue weighted by Gasteiger charge is -2.42. The van der Waals surface area contributed by atoms with Crippen LogP contribution in [0.15, 0.2) is 0 Å². The number of hydrogen-bond donors (Lipinski definition) is 0. The van der Waals surface area contributed by atoms with Crippen molar-refractivity contribution in [3.63, 3.8) is 0 Å². The van der Waals surface area contributed by atoms with Gasteiger partial charge < -0.3 is 4.23 Å². The Morgan fingerprint density at radius 2 is 1.50 bits per heavy atom. The van der Waals surface area contributed by atoms with Gasteiger partial charge in [-0.05, 0) is 30.2 Å². The maximum atomic E-state index is 3.06. The highest BCUT2D eigenvalue weighted by atomic mass is 28.4. The minimum atomic E-state index is -1.02. The van der Waals surface area contributed by atoms with Crippen LogP contribution in [0.3, 0.4) is 0 Å². The molecular formula is C13H31NSi2. The van der Waals surface area contributed by atoms with E-state index in [4.69, 9.17) is 0 Å². The van der Waals surface area contributed by atoms with Crippen molar-refractivity contribution in [2.24, 2.45) is 0 Å². The Kier molecular flexibility index (Phi) is 6.30. The highest BCUT2D eigenvalue weighted by Crippen LogP contribution is 2.33. The van der Waals surface area contributed by atoms with Crippen molar-refractivity contribution in [3.05, 3.63) is 0 Å². The average molecular weight is 258 g/mol. The monoisotopic (exact) mass is 257 g/mol. The molecule has 1 fully saturated rings. The van der Waals surface area contributed by atoms with Gasteiger partial charge in [0.25, 0.3) is 0 Å². The van der Waals surface area contributed by atoms with Crippen LogP contribution in [0.25, 0.3) is 0 Å². The molecule has 0 aromatic carbocycles. The molecule has 1 aliphatic carbocycles. The quantitative estimate of drug-likeness (QED) is 0.628. The van der Waals surface area contributed by atoms with Crippen molar-refractivity contribution >= 4 is 17.9 Å². The highest BCUT2D eigenvalue weighted by molar-refractivity contribution is 6.82. The molecule has 1 rings (SSSR count). The third kappa shape index (κ3) is 3.20. The Bertz CT molecular complexity index is 178. The van der Waals surface area contributed by atoms with Gasteiger partial charge in [0.05, 0.1) is 9.68 Å². The molecule has 0 atom stereocenters. The average Bonchev–Trinajstić information content (AvgIpc) is 2.83. The zero-order valence-corrected chi connectivity index (χ0v) is 14.3. The molecule has 0 saturated heterocycles. The van der Waals surface area contributed by atoms with Crippen molar-refractivity contribution in [1.29, 1.82) is 0 Å². The standard InChI is InChI=1S/C13H31NSi2/c1-5-14(15-13-11-9-10-12-13)16(6-2,7-3)8-4/h13H,5-12,15H2,1-4H3. The van der Waals surface area contributed by atoms with Gasteiger partial charge >= 0.3 is 0 Å². The van der Waals surface area contributed by atoms with Gasteiger partial charge in [0.1, 0.15) is 8.24 Å². The van der Waals surface area contributed by atoms with Gasteiger partial charge in [-0.15, -0.1) is 0 Å². The molecule has 1 saturated carbocycles. The Morgan fingerprint density at radius 1 is 1.00 bits per heavy atom. The van der Waals surface area contributed by atoms with E-state index in [1.807, 2.05) is 0 Å². The van der Waals surface area contributed by atoms with Crippen LogP contribution < -0.4 is 0 Å². The van der Waals surface area contributed by atoms with Crippen molar-refractivity contribution < 1.29 is 0 Å². The third-order valence-corrected chi connectivity index (χ3v) is 15.4. The summed E-state index contributed by atoms with van der Waals surface area (Å²) in [5.41, 5.74) is 1.16. The molecule has 96 valence electrons. The van der Waals surface area contributed by atoms with E-state index in [-0.39, 0.29) is 9.68 Å². The summed E-state index contributed by atoms with van der Waals surface area (Å²) >= 11 is 0. The van der Waals surface area contributed by atoms with E-state index in [2.05, 4.69) is 31.9 Å². The van der Waals surface area contributed by atoms with E-state index in [1.165, 1.54) is 37.5 Å². The van der Waals surface area contributed by atoms with Crippen LogP contribution in [0, 0.1) is 0 Å². The summed E-state index contributed by atoms with van der Waals surface area (Å²) in [6.07, 6.45) is 6.16. The Balaban J connectivity index is 2.61. The minimum absolute atomic E-state index is 0.0597. The van der Waals surface area contributed by atoms with Crippen molar-refractivity contribution in [2.45, 2.75) is 77.1 Å². The molecule has 0 bridgehead atoms. The second-order valence-corrected chi connectivity index (χ2v) is 13.6. The Morgan fingerprint density at radius 3 is 1.88 bits per heavy atom. The number of nitrogens with zero attached hydrogens (tertiary/aromatic N) is 1. The molecule has 0 aliphatic heterocycles. The molecule has 0 heterocycles. The predicted octanol–water partition coefficient (Wildman–Crippen LogP) is 3.76. The predicted molar refractivity (Wildman–Crippen MR) is 80.3 cm³/mol. The first-order valence-electron chi connectivity index (χ1n) is 7.47. The molecule has 0 spiro atoms. The topological polar surface area (TPSA) is 3.24 Å². The Hall–Kier alpha value is 0.394. The van der Waals surface area contributed by atoms with E-state index in [0.29, 0.717) is 0 Å². The molecule has 0 aromatic rings. The summed E-state index contributed by atoms with van der Waals surface area (Å²) in [4.78, 5) is 0. The van der Waals surface area contributed by atoms with Gasteiger partial charge in [-0.1, -0.05) is 53.4 Å². The molecule has 16 heavy (non-hydrogen) atoms. The highest BCUT2D eigenvalue weighted by Gasteiger charge is 2.34. The summed E-state index contributed by atoms with van der Waals surface area (Å²) in [5.74, 6) is 0. The second-order valence-electron chi connectivity index (χ2n) is 5.47. The smallest absolute Gasteiger partial charge is 0.120 e. The summed E-state index contributed by atoms with van der Waals surface area (Å²) in [7, 11) is -0.960. The maximum absolute atomic E-state index is 3.06. The van der Waals surface area contributed by atoms with Gasteiger partial charge in [-0.3, -0.25) is 0 Å². The van der Waals surface area contributed by atoms with Crippen LogP contribution in [0.2, 0.25) is 23.7 Å². The summed E-state index contributed by atoms with van der Waals surface area (Å²) in [6, 6.07) is 4.44. The van der Waals surface area contributed by atoms with Crippen molar-refractivity contribution in [2.75, 3.05) is 6.54 Å². The van der Waals surface area contributed by atoms with Gasteiger partial charge in [-0.25, -0.2) is 0 Å². The Labute approximate surface area is 106 Å². The summed E-state index contributed by atoms with van der Waals surface area (Å²) in [6.45, 7) is 11.1. The fourth-order valence-electron chi connectivity index (χ4n) is 3.58. The van der Waals surface area contributed by atoms with Gasteiger partial charge in [0.15, 0.2) is 0 Å². The third-order valence-electron chi connectivity index (χ3n) is 4.98. The van der Waals surface area contributed by atoms with E-state index in [9.17, 15) is 0 Å². The second kappa shape index (κ2) is 6.97. The van der Waals surface area contributed by atoms with Crippen LogP contribution in [0.1, 0.15) is 53.4 Å². The van der Waals surface area contributed by atoms with Crippen LogP contribution in [-0.2, 0) is 0 Å². The van der Waals surface area contributed by atoms with Gasteiger partial charge in [0, 0.05) is 0 Å². The van der Waals surface area contributed by atoms with Crippen molar-refractivity contribution in [3.8, 4) is 0 Å². The molecular weight excluding hydrogens is 226 g/mol. The van der Waals surface area contributed by atoms with E-state index in [1.54, 1.807) is 12.8 Å². The lowest BCUT2D eigenvalue weighted by atomic mass is 10.4. The SMILES string of the molecule is CCN([SiH2]C1CCCC1)[Si](CC)(CC)CC. The summed E-state index contributed by atoms with van der Waals surface area (Å²) in [5, 5.41) is 0. The zero-order valence-electron chi connectivity index (χ0n) is 11.9. The van der Waals surface area contributed by atoms with Crippen LogP contribution >= 0.6 is 0 Å². The lowest BCUT2D eigenvalue weighted by molar-refractivity contribution is 0.631. The van der Waals surface area contributed by atoms with Crippen LogP contribution in [0.4, 0.5) is 0 Å². The molecule has 3 heteroatoms. The maximum Gasteiger partial charge on any atom is 0.120 e. The van der Waals surface area contributed by atoms with Gasteiger partial charge in [-0.2, -0.15) is 0 Å². The molecule has 0 N–H and O–H groups in total. The van der Waals surface area contributed by atoms with E-state index >= 15 is 0 Å². The van der Waals surface area contributed by atoms with Crippen LogP contribution in [-0.4, -0.2) is 28.7 Å².